The van der Waals surface area contributed by atoms with Gasteiger partial charge in [0.15, 0.2) is 6.61 Å². The predicted octanol–water partition coefficient (Wildman–Crippen LogP) is 2.68. The third-order valence-corrected chi connectivity index (χ3v) is 1.64. The molecule has 0 saturated carbocycles. The van der Waals surface area contributed by atoms with Gasteiger partial charge in [-0.15, -0.1) is 5.46 Å². The van der Waals surface area contributed by atoms with E-state index in [1.54, 1.807) is 0 Å². The number of ether oxygens (including phenoxy) is 1. The molecule has 0 aromatic heterocycles. The number of halogens is 6. The number of hydrogen-bond donors (Lipinski definition) is 0. The molecule has 0 bridgehead atoms. The van der Waals surface area contributed by atoms with Crippen molar-refractivity contribution in [3.05, 3.63) is 24.3 Å². The van der Waals surface area contributed by atoms with E-state index < -0.39 is 31.0 Å². The van der Waals surface area contributed by atoms with Gasteiger partial charge in [0.25, 0.3) is 0 Å². The molecule has 0 aliphatic carbocycles. The maximum Gasteiger partial charge on any atom is 0.509 e. The molecule has 90 valence electrons. The quantitative estimate of drug-likeness (QED) is 0.585. The molecule has 0 aliphatic heterocycles. The van der Waals surface area contributed by atoms with Crippen LogP contribution in [-0.4, -0.2) is 19.8 Å². The van der Waals surface area contributed by atoms with Crippen LogP contribution < -0.4 is 10.2 Å². The molecule has 0 saturated heterocycles. The van der Waals surface area contributed by atoms with Crippen molar-refractivity contribution in [1.82, 2.24) is 0 Å². The van der Waals surface area contributed by atoms with Crippen molar-refractivity contribution in [1.29, 1.82) is 0 Å². The summed E-state index contributed by atoms with van der Waals surface area (Å²) in [5, 5.41) is 0. The Kier molecular flexibility index (Phi) is 3.40. The zero-order valence-electron chi connectivity index (χ0n) is 7.77. The van der Waals surface area contributed by atoms with E-state index in [0.717, 1.165) is 18.2 Å². The van der Waals surface area contributed by atoms with E-state index in [-0.39, 0.29) is 0 Å². The van der Waals surface area contributed by atoms with Crippen molar-refractivity contribution in [2.45, 2.75) is 6.18 Å². The minimum absolute atomic E-state index is 0.450. The molecule has 1 nitrogen and oxygen atoms in total. The third kappa shape index (κ3) is 4.04. The van der Waals surface area contributed by atoms with E-state index >= 15 is 0 Å². The molecule has 0 unspecified atom stereocenters. The van der Waals surface area contributed by atoms with E-state index in [9.17, 15) is 26.1 Å². The lowest BCUT2D eigenvalue weighted by Crippen LogP contribution is -2.33. The summed E-state index contributed by atoms with van der Waals surface area (Å²) in [5.74, 6) is -0.450. The second-order valence-corrected chi connectivity index (χ2v) is 3.05. The summed E-state index contributed by atoms with van der Waals surface area (Å²) >= 11 is 0. The highest BCUT2D eigenvalue weighted by Gasteiger charge is 2.29. The van der Waals surface area contributed by atoms with Gasteiger partial charge in [0.1, 0.15) is 5.75 Å². The maximum atomic E-state index is 12.2. The number of hydrogen-bond acceptors (Lipinski definition) is 1. The van der Waals surface area contributed by atoms with Crippen molar-refractivity contribution >= 4 is 12.4 Å². The van der Waals surface area contributed by atoms with Gasteiger partial charge in [0.05, 0.1) is 0 Å². The highest BCUT2D eigenvalue weighted by molar-refractivity contribution is 6.73. The first kappa shape index (κ1) is 12.7. The average Bonchev–Trinajstić information content (AvgIpc) is 2.13. The van der Waals surface area contributed by atoms with E-state index in [1.807, 2.05) is 0 Å². The largest absolute Gasteiger partial charge is 0.509 e. The molecular weight excluding hydrogens is 237 g/mol. The molecule has 0 heterocycles. The molecule has 0 amide bonds. The van der Waals surface area contributed by atoms with Crippen LogP contribution in [0.15, 0.2) is 24.3 Å². The Labute approximate surface area is 87.1 Å². The normalized spacial score (nSPS) is 12.6. The van der Waals surface area contributed by atoms with Crippen molar-refractivity contribution in [2.24, 2.45) is 0 Å². The van der Waals surface area contributed by atoms with Gasteiger partial charge in [-0.25, -0.2) is 0 Å². The predicted molar refractivity (Wildman–Crippen MR) is 46.7 cm³/mol. The van der Waals surface area contributed by atoms with Crippen molar-refractivity contribution in [3.8, 4) is 5.75 Å². The van der Waals surface area contributed by atoms with Gasteiger partial charge in [-0.1, -0.05) is 12.1 Å². The first-order chi connectivity index (χ1) is 7.18. The van der Waals surface area contributed by atoms with Gasteiger partial charge in [-0.2, -0.15) is 13.2 Å². The Morgan fingerprint density at radius 1 is 1.12 bits per heavy atom. The fourth-order valence-electron chi connectivity index (χ4n) is 0.973. The molecule has 0 spiro atoms. The summed E-state index contributed by atoms with van der Waals surface area (Å²) in [7, 11) is 0. The third-order valence-electron chi connectivity index (χ3n) is 1.64. The van der Waals surface area contributed by atoms with Gasteiger partial charge >= 0.3 is 13.2 Å². The molecule has 1 rings (SSSR count). The van der Waals surface area contributed by atoms with Crippen LogP contribution in [0, 0.1) is 0 Å². The number of benzene rings is 1. The smallest absolute Gasteiger partial charge is 0.484 e. The molecule has 16 heavy (non-hydrogen) atoms. The Bertz CT molecular complexity index is 358. The van der Waals surface area contributed by atoms with Crippen LogP contribution in [0.25, 0.3) is 0 Å². The van der Waals surface area contributed by atoms with Crippen LogP contribution in [0.2, 0.25) is 0 Å². The van der Waals surface area contributed by atoms with Crippen LogP contribution in [-0.2, 0) is 0 Å². The fraction of sp³-hybridized carbons (Fsp3) is 0.250. The highest BCUT2D eigenvalue weighted by Crippen LogP contribution is 2.19. The molecule has 0 atom stereocenters. The van der Waals surface area contributed by atoms with Crippen molar-refractivity contribution in [3.63, 3.8) is 0 Å². The highest BCUT2D eigenvalue weighted by atomic mass is 19.4. The molecule has 8 heteroatoms. The average molecular weight is 243 g/mol. The van der Waals surface area contributed by atoms with Gasteiger partial charge < -0.3 is 17.7 Å². The van der Waals surface area contributed by atoms with E-state index in [2.05, 4.69) is 4.74 Å². The molecule has 0 aliphatic rings. The zero-order valence-corrected chi connectivity index (χ0v) is 7.77. The molecule has 0 fully saturated rings. The van der Waals surface area contributed by atoms with E-state index in [4.69, 9.17) is 0 Å². The summed E-state index contributed by atoms with van der Waals surface area (Å²) < 4.78 is 76.1. The molecular formula is C8H6BF6O-. The first-order valence-electron chi connectivity index (χ1n) is 4.18. The van der Waals surface area contributed by atoms with Gasteiger partial charge in [0.2, 0.25) is 0 Å². The number of rotatable bonds is 3. The minimum atomic E-state index is -5.23. The fourth-order valence-corrected chi connectivity index (χ4v) is 0.973. The lowest BCUT2D eigenvalue weighted by atomic mass is 9.80. The van der Waals surface area contributed by atoms with Crippen LogP contribution in [0.3, 0.4) is 0 Å². The van der Waals surface area contributed by atoms with Crippen LogP contribution in [0.5, 0.6) is 5.75 Å². The van der Waals surface area contributed by atoms with Crippen molar-refractivity contribution < 1.29 is 30.9 Å². The Hall–Kier alpha value is -1.34. The van der Waals surface area contributed by atoms with E-state index in [1.165, 1.54) is 0 Å². The summed E-state index contributed by atoms with van der Waals surface area (Å²) in [6, 6.07) is 3.36. The van der Waals surface area contributed by atoms with E-state index in [0.29, 0.717) is 6.07 Å². The minimum Gasteiger partial charge on any atom is -0.484 e. The van der Waals surface area contributed by atoms with Gasteiger partial charge in [-0.05, 0) is 12.1 Å². The Morgan fingerprint density at radius 3 is 2.25 bits per heavy atom. The molecule has 1 aromatic carbocycles. The lowest BCUT2D eigenvalue weighted by molar-refractivity contribution is -0.153. The van der Waals surface area contributed by atoms with Crippen LogP contribution in [0.1, 0.15) is 0 Å². The van der Waals surface area contributed by atoms with Crippen LogP contribution >= 0.6 is 0 Å². The van der Waals surface area contributed by atoms with Crippen LogP contribution in [0.4, 0.5) is 26.1 Å². The SMILES string of the molecule is F[B-](F)(F)c1cccc(OCC(F)(F)F)c1. The maximum absolute atomic E-state index is 12.2. The summed E-state index contributed by atoms with van der Waals surface area (Å²) in [6.07, 6.45) is -4.57. The van der Waals surface area contributed by atoms with Gasteiger partial charge in [0, 0.05) is 0 Å². The lowest BCUT2D eigenvalue weighted by Gasteiger charge is -2.16. The monoisotopic (exact) mass is 243 g/mol. The first-order valence-corrected chi connectivity index (χ1v) is 4.18. The second-order valence-electron chi connectivity index (χ2n) is 3.05. The Morgan fingerprint density at radius 2 is 1.75 bits per heavy atom. The summed E-state index contributed by atoms with van der Waals surface area (Å²) in [5.41, 5.74) is -0.986. The summed E-state index contributed by atoms with van der Waals surface area (Å²) in [4.78, 5) is 0. The van der Waals surface area contributed by atoms with Crippen molar-refractivity contribution in [2.75, 3.05) is 6.61 Å². The Balaban J connectivity index is 2.76. The second kappa shape index (κ2) is 4.27. The molecule has 0 N–H and O–H groups in total. The topological polar surface area (TPSA) is 9.23 Å². The molecule has 1 aromatic rings. The number of alkyl halides is 3. The standard InChI is InChI=1S/C8H6BF6O/c10-8(11,12)5-16-7-3-1-2-6(4-7)9(13,14)15/h1-4H,5H2/q-1. The summed E-state index contributed by atoms with van der Waals surface area (Å²) in [6.45, 7) is -6.84. The van der Waals surface area contributed by atoms with Gasteiger partial charge in [-0.3, -0.25) is 0 Å². The molecule has 0 radical (unpaired) electrons. The zero-order chi connectivity index (χ0) is 12.4.